The van der Waals surface area contributed by atoms with Gasteiger partial charge in [-0.15, -0.1) is 0 Å². The Morgan fingerprint density at radius 3 is 2.70 bits per heavy atom. The number of ether oxygens (including phenoxy) is 1. The normalized spacial score (nSPS) is 11.8. The number of benzene rings is 1. The molecule has 0 radical (unpaired) electrons. The van der Waals surface area contributed by atoms with Crippen LogP contribution in [0.2, 0.25) is 0 Å². The molecule has 122 valence electrons. The summed E-state index contributed by atoms with van der Waals surface area (Å²) in [5.41, 5.74) is 1.09. The number of aromatic amines is 1. The van der Waals surface area contributed by atoms with Crippen LogP contribution in [0.3, 0.4) is 0 Å². The minimum absolute atomic E-state index is 0.164. The maximum atomic E-state index is 12.2. The van der Waals surface area contributed by atoms with Gasteiger partial charge in [-0.2, -0.15) is 0 Å². The summed E-state index contributed by atoms with van der Waals surface area (Å²) in [6, 6.07) is 8.59. The molecule has 0 unspecified atom stereocenters. The van der Waals surface area contributed by atoms with E-state index in [-0.39, 0.29) is 11.5 Å². The minimum atomic E-state index is -0.397. The second-order valence-electron chi connectivity index (χ2n) is 4.90. The SMILES string of the molecule is CCOc1ccc(NC(=O)[C@@H](C)Sc2nc(C)cc(=O)[nH]2)cc1. The Morgan fingerprint density at radius 1 is 1.39 bits per heavy atom. The smallest absolute Gasteiger partial charge is 0.251 e. The summed E-state index contributed by atoms with van der Waals surface area (Å²) in [4.78, 5) is 30.5. The molecule has 0 saturated carbocycles. The summed E-state index contributed by atoms with van der Waals surface area (Å²) < 4.78 is 5.36. The van der Waals surface area contributed by atoms with Crippen molar-refractivity contribution in [1.29, 1.82) is 0 Å². The Labute approximate surface area is 138 Å². The van der Waals surface area contributed by atoms with Gasteiger partial charge in [0.2, 0.25) is 5.91 Å². The van der Waals surface area contributed by atoms with Crippen LogP contribution in [0, 0.1) is 6.92 Å². The van der Waals surface area contributed by atoms with Crippen molar-refractivity contribution < 1.29 is 9.53 Å². The number of thioether (sulfide) groups is 1. The van der Waals surface area contributed by atoms with Crippen molar-refractivity contribution in [2.75, 3.05) is 11.9 Å². The van der Waals surface area contributed by atoms with Gasteiger partial charge < -0.3 is 15.0 Å². The second kappa shape index (κ2) is 7.82. The number of aromatic nitrogens is 2. The molecule has 1 atom stereocenters. The molecule has 0 bridgehead atoms. The molecule has 0 fully saturated rings. The third-order valence-electron chi connectivity index (χ3n) is 2.94. The molecule has 1 aromatic heterocycles. The molecule has 1 aromatic carbocycles. The summed E-state index contributed by atoms with van der Waals surface area (Å²) in [5.74, 6) is 0.595. The summed E-state index contributed by atoms with van der Waals surface area (Å²) in [6.07, 6.45) is 0. The molecular weight excluding hydrogens is 314 g/mol. The third kappa shape index (κ3) is 5.14. The van der Waals surface area contributed by atoms with E-state index >= 15 is 0 Å². The van der Waals surface area contributed by atoms with Crippen LogP contribution in [0.1, 0.15) is 19.5 Å². The number of rotatable bonds is 6. The molecule has 2 N–H and O–H groups in total. The lowest BCUT2D eigenvalue weighted by atomic mass is 10.3. The largest absolute Gasteiger partial charge is 0.494 e. The number of carbonyl (C=O) groups is 1. The van der Waals surface area contributed by atoms with E-state index in [0.717, 1.165) is 5.75 Å². The summed E-state index contributed by atoms with van der Waals surface area (Å²) in [5, 5.41) is 2.86. The molecule has 0 aliphatic heterocycles. The first-order chi connectivity index (χ1) is 11.0. The van der Waals surface area contributed by atoms with Crippen LogP contribution < -0.4 is 15.6 Å². The van der Waals surface area contributed by atoms with Crippen LogP contribution in [0.25, 0.3) is 0 Å². The summed E-state index contributed by atoms with van der Waals surface area (Å²) >= 11 is 1.21. The second-order valence-corrected chi connectivity index (χ2v) is 6.23. The number of anilines is 1. The molecule has 0 saturated heterocycles. The molecule has 0 aliphatic rings. The number of nitrogens with zero attached hydrogens (tertiary/aromatic N) is 1. The van der Waals surface area contributed by atoms with Crippen molar-refractivity contribution in [2.24, 2.45) is 0 Å². The highest BCUT2D eigenvalue weighted by Gasteiger charge is 2.16. The summed E-state index contributed by atoms with van der Waals surface area (Å²) in [7, 11) is 0. The van der Waals surface area contributed by atoms with E-state index in [1.54, 1.807) is 38.1 Å². The zero-order valence-electron chi connectivity index (χ0n) is 13.3. The highest BCUT2D eigenvalue weighted by atomic mass is 32.2. The van der Waals surface area contributed by atoms with Crippen molar-refractivity contribution in [2.45, 2.75) is 31.2 Å². The lowest BCUT2D eigenvalue weighted by Crippen LogP contribution is -2.23. The van der Waals surface area contributed by atoms with E-state index in [4.69, 9.17) is 4.74 Å². The maximum absolute atomic E-state index is 12.2. The van der Waals surface area contributed by atoms with Gasteiger partial charge in [0.15, 0.2) is 5.16 Å². The molecule has 0 aliphatic carbocycles. The molecular formula is C16H19N3O3S. The van der Waals surface area contributed by atoms with Crippen LogP contribution in [0.15, 0.2) is 40.3 Å². The Kier molecular flexibility index (Phi) is 5.81. The van der Waals surface area contributed by atoms with Gasteiger partial charge >= 0.3 is 0 Å². The zero-order chi connectivity index (χ0) is 16.8. The molecule has 2 aromatic rings. The zero-order valence-corrected chi connectivity index (χ0v) is 14.1. The van der Waals surface area contributed by atoms with Crippen LogP contribution in [-0.4, -0.2) is 27.7 Å². The average molecular weight is 333 g/mol. The highest BCUT2D eigenvalue weighted by molar-refractivity contribution is 8.00. The molecule has 6 nitrogen and oxygen atoms in total. The standard InChI is InChI=1S/C16H19N3O3S/c1-4-22-13-7-5-12(6-8-13)18-15(21)11(3)23-16-17-10(2)9-14(20)19-16/h5-9,11H,4H2,1-3H3,(H,18,21)(H,17,19,20)/t11-/m1/s1. The van der Waals surface area contributed by atoms with Gasteiger partial charge in [0.05, 0.1) is 11.9 Å². The van der Waals surface area contributed by atoms with Crippen LogP contribution in [0.4, 0.5) is 5.69 Å². The van der Waals surface area contributed by atoms with E-state index in [1.807, 2.05) is 6.92 Å². The Bertz CT molecular complexity index is 728. The minimum Gasteiger partial charge on any atom is -0.494 e. The van der Waals surface area contributed by atoms with E-state index in [1.165, 1.54) is 17.8 Å². The fourth-order valence-corrected chi connectivity index (χ4v) is 2.73. The monoisotopic (exact) mass is 333 g/mol. The van der Waals surface area contributed by atoms with Gasteiger partial charge in [-0.05, 0) is 45.0 Å². The number of H-pyrrole nitrogens is 1. The number of hydrogen-bond donors (Lipinski definition) is 2. The Hall–Kier alpha value is -2.28. The summed E-state index contributed by atoms with van der Waals surface area (Å²) in [6.45, 7) is 6.01. The van der Waals surface area contributed by atoms with Crippen LogP contribution in [0.5, 0.6) is 5.75 Å². The number of carbonyl (C=O) groups excluding carboxylic acids is 1. The molecule has 1 amide bonds. The van der Waals surface area contributed by atoms with Crippen molar-refractivity contribution in [3.63, 3.8) is 0 Å². The first-order valence-corrected chi connectivity index (χ1v) is 8.14. The number of nitrogens with one attached hydrogen (secondary N) is 2. The molecule has 0 spiro atoms. The average Bonchev–Trinajstić information content (AvgIpc) is 2.48. The quantitative estimate of drug-likeness (QED) is 0.627. The maximum Gasteiger partial charge on any atom is 0.251 e. The van der Waals surface area contributed by atoms with Crippen LogP contribution >= 0.6 is 11.8 Å². The van der Waals surface area contributed by atoms with Gasteiger partial charge in [-0.25, -0.2) is 4.98 Å². The fourth-order valence-electron chi connectivity index (χ4n) is 1.87. The van der Waals surface area contributed by atoms with E-state index in [0.29, 0.717) is 23.1 Å². The van der Waals surface area contributed by atoms with Gasteiger partial charge in [-0.3, -0.25) is 9.59 Å². The first-order valence-electron chi connectivity index (χ1n) is 7.26. The van der Waals surface area contributed by atoms with E-state index in [9.17, 15) is 9.59 Å². The van der Waals surface area contributed by atoms with Crippen molar-refractivity contribution in [1.82, 2.24) is 9.97 Å². The number of hydrogen-bond acceptors (Lipinski definition) is 5. The van der Waals surface area contributed by atoms with E-state index < -0.39 is 5.25 Å². The fraction of sp³-hybridized carbons (Fsp3) is 0.312. The van der Waals surface area contributed by atoms with Crippen molar-refractivity contribution in [3.8, 4) is 5.75 Å². The van der Waals surface area contributed by atoms with Crippen molar-refractivity contribution in [3.05, 3.63) is 46.4 Å². The lowest BCUT2D eigenvalue weighted by Gasteiger charge is -2.12. The predicted octanol–water partition coefficient (Wildman–Crippen LogP) is 2.60. The third-order valence-corrected chi connectivity index (χ3v) is 3.92. The van der Waals surface area contributed by atoms with Gasteiger partial charge in [0.25, 0.3) is 5.56 Å². The molecule has 1 heterocycles. The van der Waals surface area contributed by atoms with Gasteiger partial charge in [0.1, 0.15) is 5.75 Å². The Balaban J connectivity index is 1.97. The van der Waals surface area contributed by atoms with Gasteiger partial charge in [0, 0.05) is 17.4 Å². The van der Waals surface area contributed by atoms with Gasteiger partial charge in [-0.1, -0.05) is 11.8 Å². The predicted molar refractivity (Wildman–Crippen MR) is 91.2 cm³/mol. The lowest BCUT2D eigenvalue weighted by molar-refractivity contribution is -0.115. The number of amides is 1. The first kappa shape index (κ1) is 17.1. The van der Waals surface area contributed by atoms with Crippen LogP contribution in [-0.2, 0) is 4.79 Å². The topological polar surface area (TPSA) is 84.1 Å². The van der Waals surface area contributed by atoms with Crippen molar-refractivity contribution >= 4 is 23.4 Å². The Morgan fingerprint density at radius 2 is 2.09 bits per heavy atom. The molecule has 2 rings (SSSR count). The van der Waals surface area contributed by atoms with E-state index in [2.05, 4.69) is 15.3 Å². The highest BCUT2D eigenvalue weighted by Crippen LogP contribution is 2.21. The number of aryl methyl sites for hydroxylation is 1. The molecule has 7 heteroatoms. The molecule has 23 heavy (non-hydrogen) atoms.